The van der Waals surface area contributed by atoms with Gasteiger partial charge < -0.3 is 10.5 Å². The van der Waals surface area contributed by atoms with E-state index in [2.05, 4.69) is 5.10 Å². The molecular formula is C7H9N3O2. The topological polar surface area (TPSA) is 70.1 Å². The normalized spacial score (nSPS) is 15.8. The van der Waals surface area contributed by atoms with E-state index >= 15 is 0 Å². The predicted octanol–water partition coefficient (Wildman–Crippen LogP) is -0.236. The van der Waals surface area contributed by atoms with Gasteiger partial charge in [0.1, 0.15) is 5.56 Å². The Kier molecular flexibility index (Phi) is 1.26. The molecule has 0 unspecified atom stereocenters. The van der Waals surface area contributed by atoms with Crippen LogP contribution in [0.1, 0.15) is 16.8 Å². The number of hydrogen-bond acceptors (Lipinski definition) is 3. The predicted molar refractivity (Wildman–Crippen MR) is 40.9 cm³/mol. The van der Waals surface area contributed by atoms with Crippen molar-refractivity contribution in [1.82, 2.24) is 9.78 Å². The summed E-state index contributed by atoms with van der Waals surface area (Å²) >= 11 is 0. The zero-order valence-corrected chi connectivity index (χ0v) is 6.41. The van der Waals surface area contributed by atoms with Gasteiger partial charge in [0.25, 0.3) is 5.91 Å². The average Bonchev–Trinajstić information content (AvgIpc) is 2.60. The van der Waals surface area contributed by atoms with Crippen molar-refractivity contribution >= 4 is 5.91 Å². The standard InChI is InChI=1S/C7H9N3O2/c8-6(11)5-4-9-10-2-1-3-12-7(5)10/h4H,1-3H2,(H2,8,11)/i/hD. The molecule has 1 aromatic rings. The number of nitrogens with two attached hydrogens (primary N) is 1. The largest absolute Gasteiger partial charge is 0.477 e. The minimum atomic E-state index is -0.483. The third-order valence-electron chi connectivity index (χ3n) is 1.79. The first kappa shape index (κ1) is 6.05. The summed E-state index contributed by atoms with van der Waals surface area (Å²) in [5.41, 5.74) is 2.12. The average molecular weight is 168 g/mol. The number of ether oxygens (including phenoxy) is 1. The molecule has 1 aromatic heterocycles. The number of fused-ring (bicyclic) bond motifs is 1. The number of aryl methyl sites for hydroxylation is 1. The molecule has 0 saturated carbocycles. The van der Waals surface area contributed by atoms with Crippen molar-refractivity contribution in [3.05, 3.63) is 11.8 Å². The molecule has 2 heterocycles. The van der Waals surface area contributed by atoms with Gasteiger partial charge in [-0.25, -0.2) is 4.68 Å². The van der Waals surface area contributed by atoms with Crippen molar-refractivity contribution in [2.24, 2.45) is 5.73 Å². The van der Waals surface area contributed by atoms with Crippen LogP contribution in [0.25, 0.3) is 0 Å². The van der Waals surface area contributed by atoms with E-state index in [0.29, 0.717) is 18.1 Å². The molecule has 1 aliphatic heterocycles. The highest BCUT2D eigenvalue weighted by Crippen LogP contribution is 2.21. The first-order valence-corrected chi connectivity index (χ1v) is 3.73. The highest BCUT2D eigenvalue weighted by molar-refractivity contribution is 5.94. The molecule has 0 aromatic carbocycles. The molecule has 2 rings (SSSR count). The smallest absolute Gasteiger partial charge is 0.255 e. The van der Waals surface area contributed by atoms with Crippen LogP contribution in [-0.4, -0.2) is 22.3 Å². The van der Waals surface area contributed by atoms with Crippen molar-refractivity contribution in [2.45, 2.75) is 13.0 Å². The zero-order chi connectivity index (χ0) is 9.26. The van der Waals surface area contributed by atoms with Crippen LogP contribution in [0.15, 0.2) is 6.20 Å². The Morgan fingerprint density at radius 3 is 3.67 bits per heavy atom. The second kappa shape index (κ2) is 2.51. The number of carbonyl (C=O) groups excluding carboxylic acids is 1. The van der Waals surface area contributed by atoms with Crippen LogP contribution < -0.4 is 10.5 Å². The lowest BCUT2D eigenvalue weighted by Crippen LogP contribution is -2.18. The summed E-state index contributed by atoms with van der Waals surface area (Å²) in [6.07, 6.45) is 2.32. The molecule has 1 aliphatic rings. The Balaban J connectivity index is 2.36. The van der Waals surface area contributed by atoms with E-state index in [-0.39, 0.29) is 0 Å². The summed E-state index contributed by atoms with van der Waals surface area (Å²) in [6, 6.07) is 0. The lowest BCUT2D eigenvalue weighted by atomic mass is 10.3. The summed E-state index contributed by atoms with van der Waals surface area (Å²) in [4.78, 5) is 11.1. The first-order chi connectivity index (χ1) is 6.33. The number of rotatable bonds is 1. The van der Waals surface area contributed by atoms with Crippen LogP contribution in [0.5, 0.6) is 5.88 Å². The zero-order valence-electron chi connectivity index (χ0n) is 7.41. The summed E-state index contributed by atoms with van der Waals surface area (Å²) in [5, 5.41) is 3.97. The van der Waals surface area contributed by atoms with Gasteiger partial charge in [-0.15, -0.1) is 0 Å². The molecule has 2 N–H and O–H groups in total. The molecular weight excluding hydrogens is 158 g/mol. The van der Waals surface area contributed by atoms with Crippen molar-refractivity contribution in [2.75, 3.05) is 6.61 Å². The van der Waals surface area contributed by atoms with E-state index in [4.69, 9.17) is 6.15 Å². The first-order valence-electron chi connectivity index (χ1n) is 4.23. The maximum absolute atomic E-state index is 11.1. The quantitative estimate of drug-likeness (QED) is 0.629. The van der Waals surface area contributed by atoms with E-state index in [9.17, 15) is 4.79 Å². The number of carbonyl (C=O) groups is 1. The van der Waals surface area contributed by atoms with Gasteiger partial charge >= 0.3 is 0 Å². The van der Waals surface area contributed by atoms with Gasteiger partial charge in [-0.3, -0.25) is 4.79 Å². The monoisotopic (exact) mass is 168 g/mol. The van der Waals surface area contributed by atoms with E-state index < -0.39 is 5.91 Å². The second-order valence-electron chi connectivity index (χ2n) is 2.62. The molecule has 64 valence electrons. The Bertz CT molecular complexity index is 336. The number of primary amides is 1. The minimum absolute atomic E-state index is 0.328. The summed E-state index contributed by atoms with van der Waals surface area (Å²) in [5.74, 6) is -0.0147. The van der Waals surface area contributed by atoms with E-state index in [1.165, 1.54) is 6.20 Å². The lowest BCUT2D eigenvalue weighted by Gasteiger charge is -2.14. The third-order valence-corrected chi connectivity index (χ3v) is 1.79. The number of hydrogen-bond donors (Lipinski definition) is 1. The molecule has 12 heavy (non-hydrogen) atoms. The highest BCUT2D eigenvalue weighted by Gasteiger charge is 2.19. The molecule has 0 fully saturated rings. The van der Waals surface area contributed by atoms with E-state index in [0.717, 1.165) is 13.0 Å². The molecule has 0 aliphatic carbocycles. The van der Waals surface area contributed by atoms with Gasteiger partial charge in [-0.1, -0.05) is 0 Å². The molecule has 0 saturated heterocycles. The SMILES string of the molecule is [2H]NC(=O)c1cnn2c1OCCC2. The summed E-state index contributed by atoms with van der Waals surface area (Å²) < 4.78 is 13.6. The number of amides is 1. The van der Waals surface area contributed by atoms with Crippen molar-refractivity contribution in [3.63, 3.8) is 0 Å². The molecule has 1 amide bonds. The van der Waals surface area contributed by atoms with Gasteiger partial charge in [0.05, 0.1) is 12.8 Å². The molecule has 5 nitrogen and oxygen atoms in total. The van der Waals surface area contributed by atoms with Crippen LogP contribution in [-0.2, 0) is 6.54 Å². The molecule has 0 bridgehead atoms. The van der Waals surface area contributed by atoms with Gasteiger partial charge in [0.15, 0.2) is 1.41 Å². The van der Waals surface area contributed by atoms with Gasteiger partial charge in [0, 0.05) is 13.0 Å². The maximum Gasteiger partial charge on any atom is 0.255 e. The number of nitrogens with zero attached hydrogens (tertiary/aromatic N) is 2. The summed E-state index contributed by atoms with van der Waals surface area (Å²) in [7, 11) is 0. The van der Waals surface area contributed by atoms with E-state index in [1.54, 1.807) is 10.4 Å². The van der Waals surface area contributed by atoms with E-state index in [1.807, 2.05) is 0 Å². The number of aromatic nitrogens is 2. The Labute approximate surface area is 70.6 Å². The van der Waals surface area contributed by atoms with Crippen molar-refractivity contribution in [1.29, 1.82) is 0 Å². The second-order valence-corrected chi connectivity index (χ2v) is 2.62. The molecule has 0 radical (unpaired) electrons. The maximum atomic E-state index is 11.1. The van der Waals surface area contributed by atoms with Gasteiger partial charge in [-0.2, -0.15) is 5.10 Å². The molecule has 5 heteroatoms. The Morgan fingerprint density at radius 1 is 1.92 bits per heavy atom. The Morgan fingerprint density at radius 2 is 2.83 bits per heavy atom. The van der Waals surface area contributed by atoms with Crippen LogP contribution >= 0.6 is 0 Å². The van der Waals surface area contributed by atoms with Crippen molar-refractivity contribution in [3.8, 4) is 5.88 Å². The molecule has 0 atom stereocenters. The lowest BCUT2D eigenvalue weighted by molar-refractivity contribution is 0.0994. The fourth-order valence-electron chi connectivity index (χ4n) is 1.22. The van der Waals surface area contributed by atoms with Crippen LogP contribution in [0.4, 0.5) is 0 Å². The fourth-order valence-corrected chi connectivity index (χ4v) is 1.22. The van der Waals surface area contributed by atoms with Crippen LogP contribution in [0.3, 0.4) is 0 Å². The third kappa shape index (κ3) is 0.939. The summed E-state index contributed by atoms with van der Waals surface area (Å²) in [6.45, 7) is 1.37. The van der Waals surface area contributed by atoms with Crippen molar-refractivity contribution < 1.29 is 10.9 Å². The Hall–Kier alpha value is -1.52. The van der Waals surface area contributed by atoms with Crippen LogP contribution in [0.2, 0.25) is 1.41 Å². The van der Waals surface area contributed by atoms with Gasteiger partial charge in [-0.05, 0) is 0 Å². The minimum Gasteiger partial charge on any atom is -0.477 e. The fraction of sp³-hybridized carbons (Fsp3) is 0.429. The van der Waals surface area contributed by atoms with Gasteiger partial charge in [0.2, 0.25) is 5.88 Å². The van der Waals surface area contributed by atoms with Crippen LogP contribution in [0, 0.1) is 0 Å². The molecule has 0 spiro atoms. The highest BCUT2D eigenvalue weighted by atomic mass is 16.5.